The molecule has 0 unspecified atom stereocenters. The molecule has 0 aromatic heterocycles. The van der Waals surface area contributed by atoms with Crippen LogP contribution in [0.15, 0.2) is 0 Å². The zero-order valence-corrected chi connectivity index (χ0v) is 17.7. The molecule has 0 fully saturated rings. The number of rotatable bonds is 25. The van der Waals surface area contributed by atoms with E-state index in [1.807, 2.05) is 0 Å². The Kier molecular flexibility index (Phi) is 26.3. The van der Waals surface area contributed by atoms with Crippen molar-refractivity contribution in [1.82, 2.24) is 0 Å². The second-order valence-corrected chi connectivity index (χ2v) is 6.04. The minimum absolute atomic E-state index is 0.127. The van der Waals surface area contributed by atoms with E-state index in [0.717, 1.165) is 13.0 Å². The molecule has 8 heteroatoms. The van der Waals surface area contributed by atoms with Crippen LogP contribution in [0, 0.1) is 0 Å². The smallest absolute Gasteiger partial charge is 0.113 e. The Morgan fingerprint density at radius 2 is 0.714 bits per heavy atom. The van der Waals surface area contributed by atoms with Gasteiger partial charge in [0.05, 0.1) is 85.9 Å². The topological polar surface area (TPSA) is 64.6 Å². The molecule has 0 radical (unpaired) electrons. The van der Waals surface area contributed by atoms with Crippen molar-refractivity contribution in [1.29, 1.82) is 0 Å². The molecule has 0 saturated heterocycles. The molecular weight excluding hydrogens is 371 g/mol. The Bertz CT molecular complexity index is 247. The van der Waals surface area contributed by atoms with Crippen LogP contribution >= 0.6 is 0 Å². The van der Waals surface area contributed by atoms with Crippen molar-refractivity contribution >= 4 is 0 Å². The van der Waals surface area contributed by atoms with Crippen molar-refractivity contribution in [3.05, 3.63) is 0 Å². The van der Waals surface area contributed by atoms with Crippen LogP contribution in [0.2, 0.25) is 0 Å². The lowest BCUT2D eigenvalue weighted by atomic mass is 10.2. The predicted octanol–water partition coefficient (Wildman–Crippen LogP) is 2.65. The molecule has 0 heterocycles. The van der Waals surface area contributed by atoms with Crippen LogP contribution in [0.5, 0.6) is 0 Å². The van der Waals surface area contributed by atoms with Crippen molar-refractivity contribution < 1.29 is 37.5 Å². The van der Waals surface area contributed by atoms with Gasteiger partial charge >= 0.3 is 0 Å². The van der Waals surface area contributed by atoms with Crippen molar-refractivity contribution in [2.24, 2.45) is 0 Å². The highest BCUT2D eigenvalue weighted by molar-refractivity contribution is 4.40. The lowest BCUT2D eigenvalue weighted by Crippen LogP contribution is -2.14. The van der Waals surface area contributed by atoms with Crippen LogP contribution in [0.25, 0.3) is 0 Å². The van der Waals surface area contributed by atoms with E-state index in [1.165, 1.54) is 19.3 Å². The molecule has 0 bridgehead atoms. The number of hydrogen-bond donors (Lipinski definition) is 0. The zero-order chi connectivity index (χ0) is 20.4. The fourth-order valence-electron chi connectivity index (χ4n) is 2.11. The summed E-state index contributed by atoms with van der Waals surface area (Å²) in [6, 6.07) is 0. The van der Waals surface area contributed by atoms with Crippen molar-refractivity contribution in [3.8, 4) is 0 Å². The zero-order valence-electron chi connectivity index (χ0n) is 17.7. The lowest BCUT2D eigenvalue weighted by Gasteiger charge is -2.08. The third kappa shape index (κ3) is 25.6. The maximum absolute atomic E-state index is 11.7. The highest BCUT2D eigenvalue weighted by Crippen LogP contribution is 1.98. The van der Waals surface area contributed by atoms with E-state index in [2.05, 4.69) is 6.92 Å². The van der Waals surface area contributed by atoms with Gasteiger partial charge in [-0.15, -0.1) is 0 Å². The quantitative estimate of drug-likeness (QED) is 0.214. The second-order valence-electron chi connectivity index (χ2n) is 6.04. The van der Waals surface area contributed by atoms with E-state index in [4.69, 9.17) is 33.2 Å². The highest BCUT2D eigenvalue weighted by Gasteiger charge is 1.95. The maximum atomic E-state index is 11.7. The van der Waals surface area contributed by atoms with Crippen molar-refractivity contribution in [3.63, 3.8) is 0 Å². The molecule has 0 aromatic rings. The van der Waals surface area contributed by atoms with Gasteiger partial charge in [-0.1, -0.05) is 26.2 Å². The summed E-state index contributed by atoms with van der Waals surface area (Å²) in [6.45, 7) is 9.05. The first kappa shape index (κ1) is 27.6. The van der Waals surface area contributed by atoms with Gasteiger partial charge in [0.2, 0.25) is 0 Å². The predicted molar refractivity (Wildman–Crippen MR) is 106 cm³/mol. The van der Waals surface area contributed by atoms with Crippen LogP contribution < -0.4 is 0 Å². The van der Waals surface area contributed by atoms with E-state index in [0.29, 0.717) is 79.3 Å². The molecule has 0 aliphatic heterocycles. The third-order valence-corrected chi connectivity index (χ3v) is 3.60. The summed E-state index contributed by atoms with van der Waals surface area (Å²) < 4.78 is 49.0. The molecule has 0 aliphatic carbocycles. The molecule has 0 aliphatic rings. The highest BCUT2D eigenvalue weighted by atomic mass is 19.1. The van der Waals surface area contributed by atoms with E-state index in [1.54, 1.807) is 0 Å². The van der Waals surface area contributed by atoms with Crippen molar-refractivity contribution in [2.45, 2.75) is 32.6 Å². The van der Waals surface area contributed by atoms with E-state index in [-0.39, 0.29) is 6.61 Å². The van der Waals surface area contributed by atoms with Crippen LogP contribution in [-0.2, 0) is 33.2 Å². The van der Waals surface area contributed by atoms with Gasteiger partial charge in [0.25, 0.3) is 0 Å². The van der Waals surface area contributed by atoms with E-state index in [9.17, 15) is 4.39 Å². The van der Waals surface area contributed by atoms with Gasteiger partial charge in [0.15, 0.2) is 0 Å². The Morgan fingerprint density at radius 3 is 1.04 bits per heavy atom. The SMILES string of the molecule is CCCCCCOCCOCCOCCOCCOCCOCCOCCF. The summed E-state index contributed by atoms with van der Waals surface area (Å²) in [4.78, 5) is 0. The molecule has 0 saturated carbocycles. The standard InChI is InChI=1S/C20H41FO7/c1-2-3-4-5-7-22-9-11-24-13-15-26-17-19-28-20-18-27-16-14-25-12-10-23-8-6-21/h2-20H2,1H3. The molecule has 0 aromatic carbocycles. The van der Waals surface area contributed by atoms with Gasteiger partial charge in [-0.05, 0) is 6.42 Å². The van der Waals surface area contributed by atoms with Crippen LogP contribution in [0.3, 0.4) is 0 Å². The monoisotopic (exact) mass is 412 g/mol. The first-order valence-corrected chi connectivity index (χ1v) is 10.5. The fourth-order valence-corrected chi connectivity index (χ4v) is 2.11. The Hall–Kier alpha value is -0.350. The molecule has 0 N–H and O–H groups in total. The molecule has 28 heavy (non-hydrogen) atoms. The molecule has 7 nitrogen and oxygen atoms in total. The minimum Gasteiger partial charge on any atom is -0.379 e. The van der Waals surface area contributed by atoms with Gasteiger partial charge in [-0.2, -0.15) is 0 Å². The number of unbranched alkanes of at least 4 members (excludes halogenated alkanes) is 3. The summed E-state index contributed by atoms with van der Waals surface area (Å²) in [5.74, 6) is 0. The summed E-state index contributed by atoms with van der Waals surface area (Å²) in [7, 11) is 0. The Balaban J connectivity index is 2.96. The van der Waals surface area contributed by atoms with Gasteiger partial charge in [-0.3, -0.25) is 0 Å². The van der Waals surface area contributed by atoms with Gasteiger partial charge < -0.3 is 33.2 Å². The summed E-state index contributed by atoms with van der Waals surface area (Å²) in [5.41, 5.74) is 0. The number of hydrogen-bond acceptors (Lipinski definition) is 7. The molecular formula is C20H41FO7. The van der Waals surface area contributed by atoms with Gasteiger partial charge in [0, 0.05) is 6.61 Å². The largest absolute Gasteiger partial charge is 0.379 e. The van der Waals surface area contributed by atoms with E-state index >= 15 is 0 Å². The minimum atomic E-state index is -0.462. The molecule has 0 atom stereocenters. The average Bonchev–Trinajstić information content (AvgIpc) is 2.71. The Labute approximate surface area is 170 Å². The Morgan fingerprint density at radius 1 is 0.393 bits per heavy atom. The van der Waals surface area contributed by atoms with E-state index < -0.39 is 6.67 Å². The number of alkyl halides is 1. The van der Waals surface area contributed by atoms with Gasteiger partial charge in [-0.25, -0.2) is 4.39 Å². The van der Waals surface area contributed by atoms with Gasteiger partial charge in [0.1, 0.15) is 6.67 Å². The average molecular weight is 413 g/mol. The number of halogens is 1. The lowest BCUT2D eigenvalue weighted by molar-refractivity contribution is -0.0208. The second kappa shape index (κ2) is 26.6. The molecule has 170 valence electrons. The molecule has 0 amide bonds. The van der Waals surface area contributed by atoms with Crippen LogP contribution in [-0.4, -0.2) is 99.2 Å². The first-order valence-electron chi connectivity index (χ1n) is 10.5. The summed E-state index contributed by atoms with van der Waals surface area (Å²) in [5, 5.41) is 0. The summed E-state index contributed by atoms with van der Waals surface area (Å²) in [6.07, 6.45) is 4.91. The molecule has 0 rings (SSSR count). The van der Waals surface area contributed by atoms with Crippen LogP contribution in [0.1, 0.15) is 32.6 Å². The fraction of sp³-hybridized carbons (Fsp3) is 1.00. The number of ether oxygens (including phenoxy) is 7. The van der Waals surface area contributed by atoms with Crippen LogP contribution in [0.4, 0.5) is 4.39 Å². The first-order chi connectivity index (χ1) is 13.9. The molecule has 0 spiro atoms. The maximum Gasteiger partial charge on any atom is 0.113 e. The normalized spacial score (nSPS) is 11.4. The third-order valence-electron chi connectivity index (χ3n) is 3.60. The summed E-state index contributed by atoms with van der Waals surface area (Å²) >= 11 is 0. The van der Waals surface area contributed by atoms with Crippen molar-refractivity contribution in [2.75, 3.05) is 99.2 Å².